The normalized spacial score (nSPS) is 14.1. The maximum absolute atomic E-state index is 12.2. The lowest BCUT2D eigenvalue weighted by Crippen LogP contribution is -2.20. The average Bonchev–Trinajstić information content (AvgIpc) is 2.74. The number of carbonyl (C=O) groups is 1. The Kier molecular flexibility index (Phi) is 3.17. The zero-order valence-corrected chi connectivity index (χ0v) is 12.2. The van der Waals surface area contributed by atoms with Crippen molar-refractivity contribution in [1.29, 1.82) is 0 Å². The summed E-state index contributed by atoms with van der Waals surface area (Å²) < 4.78 is 27.0. The van der Waals surface area contributed by atoms with Crippen molar-refractivity contribution in [3.8, 4) is 0 Å². The standard InChI is InChI=1S/C15H14N2O3S/c1-17-14-8-7-12(9-11(14)10-15(17)18)16-21(19,20)13-5-3-2-4-6-13/h2-9,16H,10H2,1H3. The molecule has 0 spiro atoms. The quantitative estimate of drug-likeness (QED) is 0.943. The minimum Gasteiger partial charge on any atom is -0.315 e. The average molecular weight is 302 g/mol. The van der Waals surface area contributed by atoms with Gasteiger partial charge in [0.25, 0.3) is 10.0 Å². The van der Waals surface area contributed by atoms with Crippen molar-refractivity contribution >= 4 is 27.3 Å². The summed E-state index contributed by atoms with van der Waals surface area (Å²) in [6.07, 6.45) is 0.298. The van der Waals surface area contributed by atoms with Gasteiger partial charge in [-0.2, -0.15) is 0 Å². The van der Waals surface area contributed by atoms with Crippen molar-refractivity contribution in [3.05, 3.63) is 54.1 Å². The summed E-state index contributed by atoms with van der Waals surface area (Å²) in [6.45, 7) is 0. The Hall–Kier alpha value is -2.34. The SMILES string of the molecule is CN1C(=O)Cc2cc(NS(=O)(=O)c3ccccc3)ccc21. The lowest BCUT2D eigenvalue weighted by atomic mass is 10.1. The van der Waals surface area contributed by atoms with Gasteiger partial charge in [0.05, 0.1) is 11.3 Å². The number of nitrogens with one attached hydrogen (secondary N) is 1. The molecule has 0 bridgehead atoms. The molecule has 0 saturated heterocycles. The number of likely N-dealkylation sites (N-methyl/N-ethyl adjacent to an activating group) is 1. The van der Waals surface area contributed by atoms with E-state index >= 15 is 0 Å². The molecule has 0 saturated carbocycles. The van der Waals surface area contributed by atoms with E-state index in [1.807, 2.05) is 0 Å². The third kappa shape index (κ3) is 2.50. The van der Waals surface area contributed by atoms with Crippen molar-refractivity contribution in [2.75, 3.05) is 16.7 Å². The summed E-state index contributed by atoms with van der Waals surface area (Å²) in [6, 6.07) is 13.3. The van der Waals surface area contributed by atoms with E-state index in [1.165, 1.54) is 12.1 Å². The van der Waals surface area contributed by atoms with E-state index in [4.69, 9.17) is 0 Å². The lowest BCUT2D eigenvalue weighted by molar-refractivity contribution is -0.117. The fourth-order valence-electron chi connectivity index (χ4n) is 2.35. The minimum atomic E-state index is -3.61. The van der Waals surface area contributed by atoms with Crippen LogP contribution in [0.3, 0.4) is 0 Å². The second kappa shape index (κ2) is 4.89. The molecule has 2 aromatic carbocycles. The fraction of sp³-hybridized carbons (Fsp3) is 0.133. The third-order valence-corrected chi connectivity index (χ3v) is 4.86. The fourth-order valence-corrected chi connectivity index (χ4v) is 3.42. The van der Waals surface area contributed by atoms with Crippen LogP contribution in [0.1, 0.15) is 5.56 Å². The Morgan fingerprint density at radius 2 is 1.81 bits per heavy atom. The largest absolute Gasteiger partial charge is 0.315 e. The number of anilines is 2. The number of rotatable bonds is 3. The van der Waals surface area contributed by atoms with Crippen LogP contribution in [0.4, 0.5) is 11.4 Å². The molecular weight excluding hydrogens is 288 g/mol. The molecule has 0 radical (unpaired) electrons. The van der Waals surface area contributed by atoms with E-state index in [1.54, 1.807) is 48.3 Å². The van der Waals surface area contributed by atoms with Gasteiger partial charge >= 0.3 is 0 Å². The van der Waals surface area contributed by atoms with E-state index in [-0.39, 0.29) is 10.8 Å². The van der Waals surface area contributed by atoms with Gasteiger partial charge in [-0.25, -0.2) is 8.42 Å². The van der Waals surface area contributed by atoms with Crippen LogP contribution < -0.4 is 9.62 Å². The monoisotopic (exact) mass is 302 g/mol. The molecule has 0 aromatic heterocycles. The Balaban J connectivity index is 1.91. The molecule has 108 valence electrons. The summed E-state index contributed by atoms with van der Waals surface area (Å²) >= 11 is 0. The highest BCUT2D eigenvalue weighted by Gasteiger charge is 2.24. The van der Waals surface area contributed by atoms with E-state index in [0.717, 1.165) is 11.3 Å². The number of hydrogen-bond donors (Lipinski definition) is 1. The predicted octanol–water partition coefficient (Wildman–Crippen LogP) is 2.01. The van der Waals surface area contributed by atoms with Gasteiger partial charge in [0.2, 0.25) is 5.91 Å². The number of hydrogen-bond acceptors (Lipinski definition) is 3. The first-order valence-corrected chi connectivity index (χ1v) is 7.93. The van der Waals surface area contributed by atoms with Crippen molar-refractivity contribution in [2.45, 2.75) is 11.3 Å². The summed E-state index contributed by atoms with van der Waals surface area (Å²) in [5.74, 6) is 0.00747. The third-order valence-electron chi connectivity index (χ3n) is 3.46. The van der Waals surface area contributed by atoms with Gasteiger partial charge in [0, 0.05) is 18.4 Å². The van der Waals surface area contributed by atoms with E-state index < -0.39 is 10.0 Å². The number of sulfonamides is 1. The van der Waals surface area contributed by atoms with Gasteiger partial charge in [0.1, 0.15) is 0 Å². The minimum absolute atomic E-state index is 0.00747. The molecule has 21 heavy (non-hydrogen) atoms. The molecule has 2 aromatic rings. The summed E-state index contributed by atoms with van der Waals surface area (Å²) in [7, 11) is -1.90. The molecular formula is C15H14N2O3S. The highest BCUT2D eigenvalue weighted by atomic mass is 32.2. The summed E-state index contributed by atoms with van der Waals surface area (Å²) in [5.41, 5.74) is 2.11. The molecule has 0 unspecified atom stereocenters. The van der Waals surface area contributed by atoms with Crippen LogP contribution in [0.25, 0.3) is 0 Å². The maximum Gasteiger partial charge on any atom is 0.261 e. The molecule has 1 aliphatic heterocycles. The second-order valence-corrected chi connectivity index (χ2v) is 6.57. The van der Waals surface area contributed by atoms with Crippen LogP contribution in [0.15, 0.2) is 53.4 Å². The Labute approximate surface area is 123 Å². The van der Waals surface area contributed by atoms with E-state index in [0.29, 0.717) is 12.1 Å². The molecule has 0 atom stereocenters. The van der Waals surface area contributed by atoms with Crippen LogP contribution in [0, 0.1) is 0 Å². The molecule has 0 aliphatic carbocycles. The summed E-state index contributed by atoms with van der Waals surface area (Å²) in [5, 5.41) is 0. The molecule has 0 fully saturated rings. The van der Waals surface area contributed by atoms with Crippen molar-refractivity contribution < 1.29 is 13.2 Å². The van der Waals surface area contributed by atoms with Gasteiger partial charge in [-0.05, 0) is 35.9 Å². The molecule has 1 aliphatic rings. The Morgan fingerprint density at radius 3 is 2.52 bits per heavy atom. The second-order valence-electron chi connectivity index (χ2n) is 4.89. The number of benzene rings is 2. The molecule has 5 nitrogen and oxygen atoms in total. The first-order chi connectivity index (χ1) is 9.97. The maximum atomic E-state index is 12.2. The highest BCUT2D eigenvalue weighted by molar-refractivity contribution is 7.92. The van der Waals surface area contributed by atoms with Gasteiger partial charge in [0.15, 0.2) is 0 Å². The molecule has 1 N–H and O–H groups in total. The molecule has 6 heteroatoms. The molecule has 1 amide bonds. The topological polar surface area (TPSA) is 66.5 Å². The zero-order chi connectivity index (χ0) is 15.0. The van der Waals surface area contributed by atoms with Crippen molar-refractivity contribution in [2.24, 2.45) is 0 Å². The van der Waals surface area contributed by atoms with Crippen LogP contribution in [-0.2, 0) is 21.2 Å². The first kappa shape index (κ1) is 13.6. The Bertz CT molecular complexity index is 801. The number of carbonyl (C=O) groups excluding carboxylic acids is 1. The van der Waals surface area contributed by atoms with E-state index in [2.05, 4.69) is 4.72 Å². The van der Waals surface area contributed by atoms with Gasteiger partial charge in [-0.3, -0.25) is 9.52 Å². The van der Waals surface area contributed by atoms with Crippen molar-refractivity contribution in [3.63, 3.8) is 0 Å². The number of nitrogens with zero attached hydrogens (tertiary/aromatic N) is 1. The zero-order valence-electron chi connectivity index (χ0n) is 11.4. The van der Waals surface area contributed by atoms with Crippen LogP contribution in [-0.4, -0.2) is 21.4 Å². The van der Waals surface area contributed by atoms with Crippen LogP contribution in [0.2, 0.25) is 0 Å². The van der Waals surface area contributed by atoms with Crippen LogP contribution >= 0.6 is 0 Å². The molecule has 3 rings (SSSR count). The molecule has 1 heterocycles. The van der Waals surface area contributed by atoms with Crippen LogP contribution in [0.5, 0.6) is 0 Å². The Morgan fingerprint density at radius 1 is 1.10 bits per heavy atom. The highest BCUT2D eigenvalue weighted by Crippen LogP contribution is 2.30. The summed E-state index contributed by atoms with van der Waals surface area (Å²) in [4.78, 5) is 13.4. The van der Waals surface area contributed by atoms with Crippen molar-refractivity contribution in [1.82, 2.24) is 0 Å². The number of amides is 1. The predicted molar refractivity (Wildman–Crippen MR) is 80.8 cm³/mol. The van der Waals surface area contributed by atoms with Gasteiger partial charge in [-0.15, -0.1) is 0 Å². The van der Waals surface area contributed by atoms with Gasteiger partial charge < -0.3 is 4.90 Å². The van der Waals surface area contributed by atoms with E-state index in [9.17, 15) is 13.2 Å². The lowest BCUT2D eigenvalue weighted by Gasteiger charge is -2.12. The van der Waals surface area contributed by atoms with Gasteiger partial charge in [-0.1, -0.05) is 18.2 Å². The number of fused-ring (bicyclic) bond motifs is 1. The first-order valence-electron chi connectivity index (χ1n) is 6.45. The smallest absolute Gasteiger partial charge is 0.261 e.